The first-order chi connectivity index (χ1) is 10.1. The van der Waals surface area contributed by atoms with E-state index in [1.807, 2.05) is 12.1 Å². The molecular formula is C16H21BrClN3. The third-order valence-electron chi connectivity index (χ3n) is 3.97. The van der Waals surface area contributed by atoms with Gasteiger partial charge in [-0.15, -0.1) is 0 Å². The molecule has 3 nitrogen and oxygen atoms in total. The van der Waals surface area contributed by atoms with Gasteiger partial charge in [-0.1, -0.05) is 46.9 Å². The van der Waals surface area contributed by atoms with E-state index in [9.17, 15) is 5.26 Å². The number of hydrogen-bond donors (Lipinski definition) is 0. The Labute approximate surface area is 140 Å². The van der Waals surface area contributed by atoms with Gasteiger partial charge in [-0.2, -0.15) is 5.26 Å². The smallest absolute Gasteiger partial charge is 0.0978 e. The van der Waals surface area contributed by atoms with Crippen molar-refractivity contribution in [2.24, 2.45) is 0 Å². The van der Waals surface area contributed by atoms with Gasteiger partial charge in [0.1, 0.15) is 0 Å². The second kappa shape index (κ2) is 8.14. The summed E-state index contributed by atoms with van der Waals surface area (Å²) in [6.07, 6.45) is 2.03. The fourth-order valence-corrected chi connectivity index (χ4v) is 3.46. The lowest BCUT2D eigenvalue weighted by atomic mass is 10.1. The highest BCUT2D eigenvalue weighted by Gasteiger charge is 2.23. The molecule has 1 saturated heterocycles. The molecule has 0 amide bonds. The van der Waals surface area contributed by atoms with Gasteiger partial charge >= 0.3 is 0 Å². The van der Waals surface area contributed by atoms with E-state index in [0.29, 0.717) is 0 Å². The third kappa shape index (κ3) is 4.69. The average molecular weight is 371 g/mol. The first-order valence-electron chi connectivity index (χ1n) is 7.44. The molecular weight excluding hydrogens is 350 g/mol. The fraction of sp³-hybridized carbons (Fsp3) is 0.562. The third-order valence-corrected chi connectivity index (χ3v) is 4.81. The van der Waals surface area contributed by atoms with Crippen molar-refractivity contribution in [3.63, 3.8) is 0 Å². The Hall–Kier alpha value is -0.600. The summed E-state index contributed by atoms with van der Waals surface area (Å²) in [6, 6.07) is 8.56. The average Bonchev–Trinajstić information content (AvgIpc) is 2.48. The quantitative estimate of drug-likeness (QED) is 0.787. The van der Waals surface area contributed by atoms with Gasteiger partial charge < -0.3 is 0 Å². The number of hydrogen-bond acceptors (Lipinski definition) is 3. The SMILES string of the molecule is CCCC(C#N)N1CCN(Cc2ccc(Br)cc2Cl)CC1. The molecule has 1 aliphatic rings. The summed E-state index contributed by atoms with van der Waals surface area (Å²) < 4.78 is 1.01. The Bertz CT molecular complexity index is 507. The van der Waals surface area contributed by atoms with Gasteiger partial charge in [0.15, 0.2) is 0 Å². The van der Waals surface area contributed by atoms with E-state index in [4.69, 9.17) is 11.6 Å². The molecule has 0 N–H and O–H groups in total. The van der Waals surface area contributed by atoms with E-state index in [1.54, 1.807) is 0 Å². The molecule has 0 bridgehead atoms. The second-order valence-corrected chi connectivity index (χ2v) is 6.80. The summed E-state index contributed by atoms with van der Waals surface area (Å²) in [5.74, 6) is 0. The van der Waals surface area contributed by atoms with Crippen molar-refractivity contribution >= 4 is 27.5 Å². The first kappa shape index (κ1) is 16.8. The van der Waals surface area contributed by atoms with Crippen LogP contribution in [0, 0.1) is 11.3 Å². The maximum atomic E-state index is 9.25. The highest BCUT2D eigenvalue weighted by atomic mass is 79.9. The van der Waals surface area contributed by atoms with Crippen LogP contribution in [0.5, 0.6) is 0 Å². The van der Waals surface area contributed by atoms with Gasteiger partial charge in [0, 0.05) is 42.2 Å². The Morgan fingerprint density at radius 2 is 2.05 bits per heavy atom. The van der Waals surface area contributed by atoms with Crippen LogP contribution in [0.1, 0.15) is 25.3 Å². The molecule has 2 rings (SSSR count). The number of halogens is 2. The lowest BCUT2D eigenvalue weighted by molar-refractivity contribution is 0.106. The van der Waals surface area contributed by atoms with E-state index in [-0.39, 0.29) is 6.04 Å². The molecule has 0 aliphatic carbocycles. The van der Waals surface area contributed by atoms with Crippen molar-refractivity contribution in [3.05, 3.63) is 33.3 Å². The Kier molecular flexibility index (Phi) is 6.50. The van der Waals surface area contributed by atoms with Gasteiger partial charge in [-0.25, -0.2) is 0 Å². The molecule has 21 heavy (non-hydrogen) atoms. The standard InChI is InChI=1S/C16H21BrClN3/c1-2-3-15(11-19)21-8-6-20(7-9-21)12-13-4-5-14(17)10-16(13)18/h4-5,10,15H,2-3,6-9,12H2,1H3. The maximum Gasteiger partial charge on any atom is 0.0978 e. The molecule has 0 saturated carbocycles. The summed E-state index contributed by atoms with van der Waals surface area (Å²) in [7, 11) is 0. The van der Waals surface area contributed by atoms with Crippen LogP contribution < -0.4 is 0 Å². The number of rotatable bonds is 5. The summed E-state index contributed by atoms with van der Waals surface area (Å²) in [5, 5.41) is 10.1. The van der Waals surface area contributed by atoms with Crippen molar-refractivity contribution in [2.45, 2.75) is 32.4 Å². The van der Waals surface area contributed by atoms with Gasteiger partial charge in [-0.3, -0.25) is 9.80 Å². The van der Waals surface area contributed by atoms with Crippen LogP contribution >= 0.6 is 27.5 Å². The van der Waals surface area contributed by atoms with Crippen LogP contribution in [0.25, 0.3) is 0 Å². The van der Waals surface area contributed by atoms with Crippen molar-refractivity contribution in [1.29, 1.82) is 5.26 Å². The largest absolute Gasteiger partial charge is 0.296 e. The molecule has 1 fully saturated rings. The van der Waals surface area contributed by atoms with Crippen LogP contribution in [-0.4, -0.2) is 42.0 Å². The molecule has 1 aromatic rings. The first-order valence-corrected chi connectivity index (χ1v) is 8.61. The molecule has 5 heteroatoms. The minimum Gasteiger partial charge on any atom is -0.296 e. The number of piperazine rings is 1. The molecule has 114 valence electrons. The van der Waals surface area contributed by atoms with Crippen molar-refractivity contribution < 1.29 is 0 Å². The predicted molar refractivity (Wildman–Crippen MR) is 90.3 cm³/mol. The summed E-state index contributed by atoms with van der Waals surface area (Å²) >= 11 is 9.71. The molecule has 0 radical (unpaired) electrons. The predicted octanol–water partition coefficient (Wildman–Crippen LogP) is 3.91. The minimum absolute atomic E-state index is 0.0772. The summed E-state index contributed by atoms with van der Waals surface area (Å²) in [4.78, 5) is 4.72. The van der Waals surface area contributed by atoms with Crippen LogP contribution in [0.3, 0.4) is 0 Å². The van der Waals surface area contributed by atoms with Crippen LogP contribution in [0.4, 0.5) is 0 Å². The van der Waals surface area contributed by atoms with Gasteiger partial charge in [0.05, 0.1) is 12.1 Å². The Balaban J connectivity index is 1.88. The molecule has 1 aromatic carbocycles. The molecule has 0 spiro atoms. The Morgan fingerprint density at radius 1 is 1.33 bits per heavy atom. The van der Waals surface area contributed by atoms with Crippen LogP contribution in [-0.2, 0) is 6.54 Å². The zero-order valence-corrected chi connectivity index (χ0v) is 14.7. The monoisotopic (exact) mass is 369 g/mol. The zero-order chi connectivity index (χ0) is 15.2. The molecule has 1 atom stereocenters. The van der Waals surface area contributed by atoms with E-state index in [2.05, 4.69) is 44.8 Å². The number of nitriles is 1. The van der Waals surface area contributed by atoms with Gasteiger partial charge in [0.25, 0.3) is 0 Å². The van der Waals surface area contributed by atoms with Crippen molar-refractivity contribution in [2.75, 3.05) is 26.2 Å². The highest BCUT2D eigenvalue weighted by Crippen LogP contribution is 2.23. The zero-order valence-electron chi connectivity index (χ0n) is 12.4. The van der Waals surface area contributed by atoms with Gasteiger partial charge in [-0.05, 0) is 24.1 Å². The van der Waals surface area contributed by atoms with Crippen LogP contribution in [0.15, 0.2) is 22.7 Å². The summed E-state index contributed by atoms with van der Waals surface area (Å²) in [6.45, 7) is 6.93. The van der Waals surface area contributed by atoms with Gasteiger partial charge in [0.2, 0.25) is 0 Å². The molecule has 1 heterocycles. The highest BCUT2D eigenvalue weighted by molar-refractivity contribution is 9.10. The maximum absolute atomic E-state index is 9.25. The normalized spacial score (nSPS) is 18.4. The lowest BCUT2D eigenvalue weighted by Crippen LogP contribution is -2.49. The van der Waals surface area contributed by atoms with E-state index >= 15 is 0 Å². The fourth-order valence-electron chi connectivity index (χ4n) is 2.73. The van der Waals surface area contributed by atoms with Crippen LogP contribution in [0.2, 0.25) is 5.02 Å². The lowest BCUT2D eigenvalue weighted by Gasteiger charge is -2.37. The number of nitrogens with zero attached hydrogens (tertiary/aromatic N) is 3. The molecule has 1 unspecified atom stereocenters. The molecule has 0 aromatic heterocycles. The van der Waals surface area contributed by atoms with Crippen molar-refractivity contribution in [1.82, 2.24) is 9.80 Å². The van der Waals surface area contributed by atoms with E-state index in [1.165, 1.54) is 5.56 Å². The van der Waals surface area contributed by atoms with E-state index in [0.717, 1.165) is 55.1 Å². The summed E-state index contributed by atoms with van der Waals surface area (Å²) in [5.41, 5.74) is 1.17. The molecule has 1 aliphatic heterocycles. The van der Waals surface area contributed by atoms with Crippen molar-refractivity contribution in [3.8, 4) is 6.07 Å². The second-order valence-electron chi connectivity index (χ2n) is 5.48. The topological polar surface area (TPSA) is 30.3 Å². The van der Waals surface area contributed by atoms with E-state index < -0.39 is 0 Å². The minimum atomic E-state index is 0.0772. The Morgan fingerprint density at radius 3 is 2.62 bits per heavy atom. The number of benzene rings is 1.